The second-order valence-corrected chi connectivity index (χ2v) is 24.8. The first-order chi connectivity index (χ1) is 44.3. The molecule has 1 aliphatic heterocycles. The van der Waals surface area contributed by atoms with E-state index in [1.807, 2.05) is 44.2 Å². The van der Waals surface area contributed by atoms with Crippen molar-refractivity contribution in [3.8, 4) is 0 Å². The van der Waals surface area contributed by atoms with Crippen LogP contribution < -0.4 is 81.4 Å². The molecule has 1 aromatic rings. The average molecular weight is 1310 g/mol. The van der Waals surface area contributed by atoms with E-state index in [2.05, 4.69) is 58.5 Å². The van der Waals surface area contributed by atoms with Crippen molar-refractivity contribution in [3.63, 3.8) is 0 Å². The molecule has 0 aliphatic carbocycles. The molecule has 28 nitrogen and oxygen atoms in total. The van der Waals surface area contributed by atoms with Gasteiger partial charge in [0.25, 0.3) is 0 Å². The zero-order chi connectivity index (χ0) is 69.7. The summed E-state index contributed by atoms with van der Waals surface area (Å²) < 4.78 is 5.83. The molecule has 0 unspecified atom stereocenters. The van der Waals surface area contributed by atoms with Gasteiger partial charge in [0.2, 0.25) is 59.1 Å². The minimum atomic E-state index is -1.78. The first-order valence-electron chi connectivity index (χ1n) is 33.7. The number of hydrogen-bond donors (Lipinski definition) is 16. The van der Waals surface area contributed by atoms with Gasteiger partial charge in [-0.3, -0.25) is 47.9 Å². The standard InChI is InChI=1S/C65H115N15O13/c1-11-38(5)50(77-59(86)48(70-10)36-43-26-16-15-17-27-43)61(88)73-44(28-18-22-32-66)55(82)71-46(30-20-24-34-68)57(84)76-52(40(7)13-3)63(90)78-51(39(6)12-2)62(89)75-49(37-81)60(87)80-54-42(9)93-65(92)53(41(8)14-4)79-58(85)47(31-21-25-35-69)72-56(83)45(74-64(54)91)29-19-23-33-67/h15-17,26-27,38-42,44-54,70,81H,11-14,18-25,28-37,66-69H2,1-10H3,(H,71,82)(H,72,83)(H,73,88)(H,74,91)(H,75,89)(H,76,84)(H,77,86)(H,78,90)(H,79,85)(H,80,87)/t38-,39-,40-,41-,42-,44-,45-,46+,47-,48+,49-,50-,51-,52+,53-,54+/m0/s1. The third kappa shape index (κ3) is 27.9. The average Bonchev–Trinajstić information content (AvgIpc) is 1.86. The summed E-state index contributed by atoms with van der Waals surface area (Å²) in [6.07, 6.45) is 4.54. The number of likely N-dealkylation sites (N-methyl/N-ethyl adjacent to an activating group) is 1. The minimum absolute atomic E-state index is 0.0665. The Morgan fingerprint density at radius 1 is 0.505 bits per heavy atom. The third-order valence-electron chi connectivity index (χ3n) is 17.6. The van der Waals surface area contributed by atoms with E-state index in [1.165, 1.54) is 6.92 Å². The molecular formula is C65H115N15O13. The van der Waals surface area contributed by atoms with Crippen LogP contribution in [0.15, 0.2) is 30.3 Å². The van der Waals surface area contributed by atoms with Crippen LogP contribution in [0, 0.1) is 23.7 Å². The predicted molar refractivity (Wildman–Crippen MR) is 354 cm³/mol. The first kappa shape index (κ1) is 82.2. The lowest BCUT2D eigenvalue weighted by Crippen LogP contribution is -2.63. The molecule has 20 N–H and O–H groups in total. The van der Waals surface area contributed by atoms with Crippen LogP contribution in [0.2, 0.25) is 0 Å². The number of amides is 10. The van der Waals surface area contributed by atoms with Gasteiger partial charge in [-0.25, -0.2) is 4.79 Å². The Morgan fingerprint density at radius 3 is 1.34 bits per heavy atom. The summed E-state index contributed by atoms with van der Waals surface area (Å²) in [6.45, 7) is 15.6. The molecule has 93 heavy (non-hydrogen) atoms. The molecule has 1 heterocycles. The van der Waals surface area contributed by atoms with E-state index in [0.29, 0.717) is 96.6 Å². The van der Waals surface area contributed by atoms with Gasteiger partial charge in [0.05, 0.1) is 12.6 Å². The fourth-order valence-electron chi connectivity index (χ4n) is 10.5. The number of nitrogens with two attached hydrogens (primary N) is 4. The molecule has 0 spiro atoms. The van der Waals surface area contributed by atoms with E-state index in [9.17, 15) is 57.8 Å². The number of ether oxygens (including phenoxy) is 1. The number of benzene rings is 1. The highest BCUT2D eigenvalue weighted by Crippen LogP contribution is 2.19. The predicted octanol–water partition coefficient (Wildman–Crippen LogP) is -0.697. The van der Waals surface area contributed by atoms with E-state index in [4.69, 9.17) is 27.7 Å². The van der Waals surface area contributed by atoms with E-state index < -0.39 is 162 Å². The Balaban J connectivity index is 2.51. The Bertz CT molecular complexity index is 2500. The fraction of sp³-hybridized carbons (Fsp3) is 0.738. The van der Waals surface area contributed by atoms with Crippen LogP contribution in [-0.2, 0) is 63.9 Å². The molecule has 0 bridgehead atoms. The van der Waals surface area contributed by atoms with Crippen LogP contribution in [-0.4, -0.2) is 183 Å². The number of carbonyl (C=O) groups is 11. The van der Waals surface area contributed by atoms with Gasteiger partial charge in [0.15, 0.2) is 0 Å². The lowest BCUT2D eigenvalue weighted by atomic mass is 9.94. The summed E-state index contributed by atoms with van der Waals surface area (Å²) >= 11 is 0. The zero-order valence-electron chi connectivity index (χ0n) is 56.8. The van der Waals surface area contributed by atoms with Crippen molar-refractivity contribution < 1.29 is 62.6 Å². The maximum atomic E-state index is 14.6. The van der Waals surface area contributed by atoms with Gasteiger partial charge in [0.1, 0.15) is 66.5 Å². The lowest BCUT2D eigenvalue weighted by molar-refractivity contribution is -0.157. The molecule has 1 saturated heterocycles. The van der Waals surface area contributed by atoms with Crippen LogP contribution in [0.5, 0.6) is 0 Å². The number of hydrogen-bond acceptors (Lipinski definition) is 18. The highest BCUT2D eigenvalue weighted by Gasteiger charge is 2.41. The lowest BCUT2D eigenvalue weighted by Gasteiger charge is -2.32. The van der Waals surface area contributed by atoms with Crippen LogP contribution in [0.1, 0.15) is 171 Å². The molecule has 0 aromatic heterocycles. The zero-order valence-corrected chi connectivity index (χ0v) is 56.8. The van der Waals surface area contributed by atoms with Gasteiger partial charge in [-0.15, -0.1) is 0 Å². The molecule has 10 amide bonds. The second-order valence-electron chi connectivity index (χ2n) is 24.8. The Morgan fingerprint density at radius 2 is 0.903 bits per heavy atom. The summed E-state index contributed by atoms with van der Waals surface area (Å²) in [6, 6.07) is -4.59. The highest BCUT2D eigenvalue weighted by atomic mass is 16.5. The molecular weight excluding hydrogens is 1200 g/mol. The second kappa shape index (κ2) is 44.7. The molecule has 16 atom stereocenters. The number of cyclic esters (lactones) is 1. The number of aliphatic hydroxyl groups excluding tert-OH is 1. The van der Waals surface area contributed by atoms with E-state index >= 15 is 0 Å². The maximum absolute atomic E-state index is 14.6. The molecule has 1 aliphatic rings. The van der Waals surface area contributed by atoms with E-state index in [0.717, 1.165) is 5.56 Å². The topological polar surface area (TPSA) is 454 Å². The van der Waals surface area contributed by atoms with Crippen molar-refractivity contribution in [2.45, 2.75) is 244 Å². The normalized spacial score (nSPS) is 20.7. The summed E-state index contributed by atoms with van der Waals surface area (Å²) in [5, 5.41) is 41.0. The molecule has 28 heteroatoms. The van der Waals surface area contributed by atoms with Gasteiger partial charge >= 0.3 is 5.97 Å². The molecule has 528 valence electrons. The quantitative estimate of drug-likeness (QED) is 0.0284. The molecule has 0 radical (unpaired) electrons. The number of unbranched alkanes of at least 4 members (excludes halogenated alkanes) is 4. The van der Waals surface area contributed by atoms with Crippen molar-refractivity contribution in [2.24, 2.45) is 46.6 Å². The van der Waals surface area contributed by atoms with Gasteiger partial charge < -0.3 is 91.3 Å². The fourth-order valence-corrected chi connectivity index (χ4v) is 10.5. The molecule has 1 aromatic carbocycles. The monoisotopic (exact) mass is 1310 g/mol. The minimum Gasteiger partial charge on any atom is -0.458 e. The summed E-state index contributed by atoms with van der Waals surface area (Å²) in [5.41, 5.74) is 24.1. The first-order valence-corrected chi connectivity index (χ1v) is 33.7. The summed E-state index contributed by atoms with van der Waals surface area (Å²) in [5.74, 6) is -10.6. The number of nitrogens with one attached hydrogen (secondary N) is 11. The number of aliphatic hydroxyl groups is 1. The Kier molecular flexibility index (Phi) is 39.5. The van der Waals surface area contributed by atoms with Crippen molar-refractivity contribution in [1.29, 1.82) is 0 Å². The van der Waals surface area contributed by atoms with E-state index in [1.54, 1.807) is 48.6 Å². The SMILES string of the molecule is CC[C@H](C)[C@H](NC(=O)[C@@H](Cc1ccccc1)NC)C(=O)N[C@@H](CCCCN)C(=O)N[C@H](CCCCN)C(=O)N[C@@H](C(=O)N[C@H](C(=O)N[C@@H](CO)C(=O)N[C@H]1C(=O)N[C@@H](CCCCN)C(=O)N[C@@H](CCCCN)C(=O)N[C@@H]([C@@H](C)CC)C(=O)O[C@H]1C)[C@@H](C)CC)[C@@H](C)CC. The summed E-state index contributed by atoms with van der Waals surface area (Å²) in [4.78, 5) is 157. The Hall–Kier alpha value is -6.85. The highest BCUT2D eigenvalue weighted by molar-refractivity contribution is 5.99. The van der Waals surface area contributed by atoms with Gasteiger partial charge in [-0.2, -0.15) is 0 Å². The van der Waals surface area contributed by atoms with Crippen LogP contribution in [0.3, 0.4) is 0 Å². The van der Waals surface area contributed by atoms with Crippen molar-refractivity contribution in [3.05, 3.63) is 35.9 Å². The van der Waals surface area contributed by atoms with Gasteiger partial charge in [0, 0.05) is 0 Å². The third-order valence-corrected chi connectivity index (χ3v) is 17.6. The number of rotatable bonds is 42. The molecule has 1 fully saturated rings. The molecule has 0 saturated carbocycles. The van der Waals surface area contributed by atoms with Crippen molar-refractivity contribution in [1.82, 2.24) is 58.5 Å². The summed E-state index contributed by atoms with van der Waals surface area (Å²) in [7, 11) is 1.65. The number of carbonyl (C=O) groups excluding carboxylic acids is 11. The van der Waals surface area contributed by atoms with Gasteiger partial charge in [-0.1, -0.05) is 111 Å². The van der Waals surface area contributed by atoms with Crippen molar-refractivity contribution in [2.75, 3.05) is 39.8 Å². The van der Waals surface area contributed by atoms with Crippen molar-refractivity contribution >= 4 is 65.0 Å². The smallest absolute Gasteiger partial charge is 0.329 e. The van der Waals surface area contributed by atoms with Crippen LogP contribution in [0.25, 0.3) is 0 Å². The van der Waals surface area contributed by atoms with Crippen LogP contribution >= 0.6 is 0 Å². The van der Waals surface area contributed by atoms with E-state index in [-0.39, 0.29) is 44.7 Å². The van der Waals surface area contributed by atoms with Crippen LogP contribution in [0.4, 0.5) is 0 Å². The van der Waals surface area contributed by atoms with Gasteiger partial charge in [-0.05, 0) is 153 Å². The number of esters is 1. The molecule has 2 rings (SSSR count). The largest absolute Gasteiger partial charge is 0.458 e. The Labute approximate surface area is 550 Å². The maximum Gasteiger partial charge on any atom is 0.329 e.